The van der Waals surface area contributed by atoms with Crippen LogP contribution in [0.2, 0.25) is 0 Å². The minimum atomic E-state index is 0.304. The number of thiophene rings is 1. The van der Waals surface area contributed by atoms with Crippen LogP contribution in [0, 0.1) is 6.92 Å². The molecule has 1 unspecified atom stereocenters. The van der Waals surface area contributed by atoms with Crippen LogP contribution in [0.4, 0.5) is 0 Å². The third-order valence-electron chi connectivity index (χ3n) is 3.02. The number of nitrogens with zero attached hydrogens (tertiary/aromatic N) is 2. The molecule has 0 spiro atoms. The fraction of sp³-hybridized carbons (Fsp3) is 0.417. The molecule has 1 atom stereocenters. The van der Waals surface area contributed by atoms with Gasteiger partial charge in [0.05, 0.1) is 9.98 Å². The maximum atomic E-state index is 4.27. The maximum absolute atomic E-state index is 4.27. The van der Waals surface area contributed by atoms with E-state index in [0.29, 0.717) is 6.04 Å². The van der Waals surface area contributed by atoms with E-state index < -0.39 is 0 Å². The summed E-state index contributed by atoms with van der Waals surface area (Å²) in [4.78, 5) is 1.31. The molecule has 0 fully saturated rings. The molecule has 0 amide bonds. The molecule has 0 aliphatic rings. The van der Waals surface area contributed by atoms with Gasteiger partial charge in [-0.25, -0.2) is 0 Å². The highest BCUT2D eigenvalue weighted by Gasteiger charge is 2.12. The molecule has 0 aromatic carbocycles. The molecule has 18 heavy (non-hydrogen) atoms. The van der Waals surface area contributed by atoms with E-state index in [4.69, 9.17) is 0 Å². The fourth-order valence-electron chi connectivity index (χ4n) is 1.78. The smallest absolute Gasteiger partial charge is 0.0843 e. The van der Waals surface area contributed by atoms with Gasteiger partial charge in [0.25, 0.3) is 0 Å². The van der Waals surface area contributed by atoms with Crippen LogP contribution in [-0.2, 0) is 13.6 Å². The first kappa shape index (κ1) is 14.2. The molecule has 2 aromatic rings. The minimum Gasteiger partial charge on any atom is -0.305 e. The lowest BCUT2D eigenvalue weighted by molar-refractivity contribution is 0.574. The van der Waals surface area contributed by atoms with Crippen molar-refractivity contribution in [1.82, 2.24) is 15.1 Å². The molecule has 1 N–H and O–H groups in total. The van der Waals surface area contributed by atoms with Crippen LogP contribution in [0.3, 0.4) is 0 Å². The highest BCUT2D eigenvalue weighted by molar-refractivity contribution is 9.13. The summed E-state index contributed by atoms with van der Waals surface area (Å²) in [6, 6.07) is 2.45. The highest BCUT2D eigenvalue weighted by atomic mass is 79.9. The van der Waals surface area contributed by atoms with E-state index in [0.717, 1.165) is 14.8 Å². The van der Waals surface area contributed by atoms with Crippen molar-refractivity contribution in [2.24, 2.45) is 7.05 Å². The average molecular weight is 393 g/mol. The normalized spacial score (nSPS) is 12.9. The minimum absolute atomic E-state index is 0.304. The van der Waals surface area contributed by atoms with E-state index in [1.54, 1.807) is 11.3 Å². The first-order valence-corrected chi connectivity index (χ1v) is 8.05. The Bertz CT molecular complexity index is 528. The van der Waals surface area contributed by atoms with Crippen LogP contribution < -0.4 is 5.32 Å². The first-order chi connectivity index (χ1) is 8.49. The molecular weight excluding hydrogens is 378 g/mol. The van der Waals surface area contributed by atoms with Crippen LogP contribution in [0.25, 0.3) is 0 Å². The lowest BCUT2D eigenvalue weighted by atomic mass is 10.1. The molecule has 0 radical (unpaired) electrons. The number of hydrogen-bond donors (Lipinski definition) is 1. The summed E-state index contributed by atoms with van der Waals surface area (Å²) in [6.45, 7) is 5.13. The maximum Gasteiger partial charge on any atom is 0.0843 e. The molecule has 0 saturated carbocycles. The highest BCUT2D eigenvalue weighted by Crippen LogP contribution is 2.32. The molecule has 0 aliphatic heterocycles. The lowest BCUT2D eigenvalue weighted by Crippen LogP contribution is -2.18. The van der Waals surface area contributed by atoms with Gasteiger partial charge in [-0.2, -0.15) is 5.10 Å². The van der Waals surface area contributed by atoms with E-state index in [-0.39, 0.29) is 0 Å². The summed E-state index contributed by atoms with van der Waals surface area (Å²) in [7, 11) is 1.97. The zero-order chi connectivity index (χ0) is 13.3. The van der Waals surface area contributed by atoms with Crippen molar-refractivity contribution in [2.75, 3.05) is 0 Å². The van der Waals surface area contributed by atoms with Crippen molar-refractivity contribution in [3.63, 3.8) is 0 Å². The average Bonchev–Trinajstić information content (AvgIpc) is 2.82. The molecule has 0 saturated heterocycles. The molecule has 2 aromatic heterocycles. The van der Waals surface area contributed by atoms with Gasteiger partial charge in [-0.15, -0.1) is 11.3 Å². The Morgan fingerprint density at radius 2 is 2.22 bits per heavy atom. The zero-order valence-corrected chi connectivity index (χ0v) is 14.5. The van der Waals surface area contributed by atoms with E-state index in [9.17, 15) is 0 Å². The number of hydrogen-bond acceptors (Lipinski definition) is 3. The van der Waals surface area contributed by atoms with Crippen LogP contribution in [0.5, 0.6) is 0 Å². The van der Waals surface area contributed by atoms with Crippen molar-refractivity contribution in [3.8, 4) is 0 Å². The van der Waals surface area contributed by atoms with Gasteiger partial charge in [0, 0.05) is 40.2 Å². The molecule has 6 heteroatoms. The van der Waals surface area contributed by atoms with Crippen molar-refractivity contribution in [2.45, 2.75) is 26.4 Å². The fourth-order valence-corrected chi connectivity index (χ4v) is 3.91. The summed E-state index contributed by atoms with van der Waals surface area (Å²) in [5, 5.41) is 7.80. The zero-order valence-electron chi connectivity index (χ0n) is 10.5. The van der Waals surface area contributed by atoms with Gasteiger partial charge in [-0.1, -0.05) is 0 Å². The number of aryl methyl sites for hydroxylation is 1. The molecule has 2 heterocycles. The van der Waals surface area contributed by atoms with E-state index >= 15 is 0 Å². The number of rotatable bonds is 4. The number of aromatic nitrogens is 2. The summed E-state index contributed by atoms with van der Waals surface area (Å²) >= 11 is 8.77. The Balaban J connectivity index is 2.00. The second-order valence-electron chi connectivity index (χ2n) is 4.25. The number of nitrogens with one attached hydrogen (secondary N) is 1. The molecule has 0 aliphatic carbocycles. The molecular formula is C12H15Br2N3S. The van der Waals surface area contributed by atoms with Crippen LogP contribution in [0.15, 0.2) is 20.5 Å². The van der Waals surface area contributed by atoms with Gasteiger partial charge in [-0.3, -0.25) is 4.68 Å². The Hall–Kier alpha value is -0.170. The van der Waals surface area contributed by atoms with Gasteiger partial charge in [0.15, 0.2) is 0 Å². The van der Waals surface area contributed by atoms with Crippen LogP contribution in [-0.4, -0.2) is 9.78 Å². The summed E-state index contributed by atoms with van der Waals surface area (Å²) in [5.74, 6) is 0. The summed E-state index contributed by atoms with van der Waals surface area (Å²) < 4.78 is 4.17. The van der Waals surface area contributed by atoms with E-state index in [1.807, 2.05) is 17.9 Å². The second kappa shape index (κ2) is 5.86. The predicted molar refractivity (Wildman–Crippen MR) is 82.9 cm³/mol. The molecule has 0 bridgehead atoms. The molecule has 98 valence electrons. The standard InChI is InChI=1S/C12H15Br2N3S/c1-7(10-6-16-17(3)8(10)2)15-5-9-4-11(13)12(14)18-9/h4,6-7,15H,5H2,1-3H3. The van der Waals surface area contributed by atoms with Gasteiger partial charge in [0.2, 0.25) is 0 Å². The van der Waals surface area contributed by atoms with Crippen LogP contribution in [0.1, 0.15) is 29.1 Å². The Morgan fingerprint density at radius 3 is 2.72 bits per heavy atom. The second-order valence-corrected chi connectivity index (χ2v) is 7.55. The quantitative estimate of drug-likeness (QED) is 0.846. The van der Waals surface area contributed by atoms with Crippen molar-refractivity contribution in [1.29, 1.82) is 0 Å². The summed E-state index contributed by atoms with van der Waals surface area (Å²) in [6.07, 6.45) is 1.94. The Labute approximate surface area is 128 Å². The van der Waals surface area contributed by atoms with Crippen LogP contribution >= 0.6 is 43.2 Å². The third kappa shape index (κ3) is 3.04. The largest absolute Gasteiger partial charge is 0.305 e. The van der Waals surface area contributed by atoms with E-state index in [2.05, 4.69) is 62.2 Å². The van der Waals surface area contributed by atoms with Crippen molar-refractivity contribution in [3.05, 3.63) is 36.7 Å². The van der Waals surface area contributed by atoms with Crippen molar-refractivity contribution < 1.29 is 0 Å². The number of halogens is 2. The van der Waals surface area contributed by atoms with E-state index in [1.165, 1.54) is 16.1 Å². The lowest BCUT2D eigenvalue weighted by Gasteiger charge is -2.12. The predicted octanol–water partition coefficient (Wildman–Crippen LogP) is 4.17. The van der Waals surface area contributed by atoms with Gasteiger partial charge in [0.1, 0.15) is 0 Å². The molecule has 3 nitrogen and oxygen atoms in total. The Kier molecular flexibility index (Phi) is 4.64. The SMILES string of the molecule is Cc1c(C(C)NCc2cc(Br)c(Br)s2)cnn1C. The Morgan fingerprint density at radius 1 is 1.50 bits per heavy atom. The van der Waals surface area contributed by atoms with Crippen molar-refractivity contribution >= 4 is 43.2 Å². The van der Waals surface area contributed by atoms with Gasteiger partial charge < -0.3 is 5.32 Å². The monoisotopic (exact) mass is 391 g/mol. The van der Waals surface area contributed by atoms with Gasteiger partial charge >= 0.3 is 0 Å². The molecule has 2 rings (SSSR count). The van der Waals surface area contributed by atoms with Gasteiger partial charge in [-0.05, 0) is 51.8 Å². The first-order valence-electron chi connectivity index (χ1n) is 5.64. The summed E-state index contributed by atoms with van der Waals surface area (Å²) in [5.41, 5.74) is 2.47. The third-order valence-corrected chi connectivity index (χ3v) is 6.27. The topological polar surface area (TPSA) is 29.9 Å².